The van der Waals surface area contributed by atoms with E-state index in [9.17, 15) is 4.57 Å². The number of aromatic amines is 1. The topological polar surface area (TPSA) is 123 Å². The molecule has 10 heteroatoms. The van der Waals surface area contributed by atoms with Crippen LogP contribution in [-0.2, 0) is 10.3 Å². The first-order valence-corrected chi connectivity index (χ1v) is 8.30. The van der Waals surface area contributed by atoms with Gasteiger partial charge in [0.05, 0.1) is 12.0 Å². The number of hydrogen-bond donors (Lipinski definition) is 5. The number of nitrogens with zero attached hydrogens (tertiary/aromatic N) is 2. The van der Waals surface area contributed by atoms with Crippen LogP contribution in [0.1, 0.15) is 11.4 Å². The smallest absolute Gasteiger partial charge is 0.355 e. The van der Waals surface area contributed by atoms with E-state index in [1.165, 1.54) is 7.05 Å². The molecule has 8 nitrogen and oxygen atoms in total. The van der Waals surface area contributed by atoms with E-state index in [1.54, 1.807) is 18.1 Å². The van der Waals surface area contributed by atoms with E-state index >= 15 is 0 Å². The van der Waals surface area contributed by atoms with Crippen molar-refractivity contribution in [3.63, 3.8) is 0 Å². The molecular formula is C9H18N5O3PS. The van der Waals surface area contributed by atoms with Crippen LogP contribution in [0, 0.1) is 6.92 Å². The van der Waals surface area contributed by atoms with Crippen LogP contribution in [0.25, 0.3) is 0 Å². The Bertz CT molecular complexity index is 472. The van der Waals surface area contributed by atoms with Gasteiger partial charge in [0.15, 0.2) is 5.96 Å². The third-order valence-electron chi connectivity index (χ3n) is 2.19. The van der Waals surface area contributed by atoms with Gasteiger partial charge in [-0.2, -0.15) is 11.8 Å². The van der Waals surface area contributed by atoms with Crippen LogP contribution in [0.2, 0.25) is 0 Å². The molecule has 5 N–H and O–H groups in total. The SMILES string of the molecule is CN=C(NCCSCc1nc[nH]c1C)NP(=O)(O)O. The summed E-state index contributed by atoms with van der Waals surface area (Å²) in [7, 11) is -2.85. The number of guanidine groups is 1. The highest BCUT2D eigenvalue weighted by molar-refractivity contribution is 7.98. The summed E-state index contributed by atoms with van der Waals surface area (Å²) in [5.41, 5.74) is 2.07. The molecule has 1 aromatic heterocycles. The van der Waals surface area contributed by atoms with Crippen LogP contribution in [0.3, 0.4) is 0 Å². The highest BCUT2D eigenvalue weighted by atomic mass is 32.2. The van der Waals surface area contributed by atoms with Gasteiger partial charge in [-0.15, -0.1) is 0 Å². The van der Waals surface area contributed by atoms with Crippen molar-refractivity contribution >= 4 is 25.5 Å². The Morgan fingerprint density at radius 3 is 2.89 bits per heavy atom. The lowest BCUT2D eigenvalue weighted by molar-refractivity contribution is 0.366. The van der Waals surface area contributed by atoms with E-state index in [4.69, 9.17) is 9.79 Å². The Morgan fingerprint density at radius 2 is 2.37 bits per heavy atom. The number of aryl methyl sites for hydroxylation is 1. The Hall–Kier alpha value is -1.02. The molecule has 1 aromatic rings. The Morgan fingerprint density at radius 1 is 1.63 bits per heavy atom. The summed E-state index contributed by atoms with van der Waals surface area (Å²) in [5, 5.41) is 4.82. The van der Waals surface area contributed by atoms with Crippen molar-refractivity contribution in [3.05, 3.63) is 17.7 Å². The summed E-state index contributed by atoms with van der Waals surface area (Å²) in [6.45, 7) is 2.51. The molecule has 108 valence electrons. The lowest BCUT2D eigenvalue weighted by Gasteiger charge is -2.12. The maximum Gasteiger partial charge on any atom is 0.429 e. The predicted octanol–water partition coefficient (Wildman–Crippen LogP) is 0.209. The molecule has 0 amide bonds. The van der Waals surface area contributed by atoms with Gasteiger partial charge in [0.25, 0.3) is 0 Å². The van der Waals surface area contributed by atoms with Gasteiger partial charge in [0.2, 0.25) is 0 Å². The Labute approximate surface area is 115 Å². The van der Waals surface area contributed by atoms with Crippen molar-refractivity contribution in [2.75, 3.05) is 19.3 Å². The van der Waals surface area contributed by atoms with Crippen LogP contribution < -0.4 is 10.4 Å². The zero-order chi connectivity index (χ0) is 14.3. The third kappa shape index (κ3) is 6.63. The largest absolute Gasteiger partial charge is 0.429 e. The normalized spacial score (nSPS) is 12.5. The van der Waals surface area contributed by atoms with Crippen LogP contribution in [-0.4, -0.2) is 45.1 Å². The monoisotopic (exact) mass is 307 g/mol. The molecule has 0 aliphatic rings. The highest BCUT2D eigenvalue weighted by Gasteiger charge is 2.14. The quantitative estimate of drug-likeness (QED) is 0.220. The minimum atomic E-state index is -4.30. The maximum atomic E-state index is 10.7. The molecule has 0 aliphatic carbocycles. The number of thioether (sulfide) groups is 1. The Kier molecular flexibility index (Phi) is 6.36. The van der Waals surface area contributed by atoms with E-state index in [0.717, 1.165) is 22.9 Å². The number of aliphatic imine (C=N–C) groups is 1. The molecule has 0 saturated heterocycles. The van der Waals surface area contributed by atoms with Gasteiger partial charge in [-0.1, -0.05) is 0 Å². The molecule has 0 atom stereocenters. The van der Waals surface area contributed by atoms with Gasteiger partial charge in [-0.3, -0.25) is 10.1 Å². The van der Waals surface area contributed by atoms with Gasteiger partial charge in [0, 0.05) is 30.8 Å². The summed E-state index contributed by atoms with van der Waals surface area (Å²) >= 11 is 1.67. The van der Waals surface area contributed by atoms with Crippen molar-refractivity contribution in [1.82, 2.24) is 20.4 Å². The summed E-state index contributed by atoms with van der Waals surface area (Å²) in [5.74, 6) is 1.65. The van der Waals surface area contributed by atoms with E-state index in [1.807, 2.05) is 12.0 Å². The number of aromatic nitrogens is 2. The minimum absolute atomic E-state index is 0.0879. The predicted molar refractivity (Wildman–Crippen MR) is 76.0 cm³/mol. The molecular weight excluding hydrogens is 289 g/mol. The summed E-state index contributed by atoms with van der Waals surface area (Å²) in [4.78, 5) is 28.4. The highest BCUT2D eigenvalue weighted by Crippen LogP contribution is 2.27. The number of nitrogens with one attached hydrogen (secondary N) is 3. The Balaban J connectivity index is 2.20. The summed E-state index contributed by atoms with van der Waals surface area (Å²) < 4.78 is 10.7. The maximum absolute atomic E-state index is 10.7. The molecule has 1 rings (SSSR count). The molecule has 0 spiro atoms. The van der Waals surface area contributed by atoms with Gasteiger partial charge < -0.3 is 20.1 Å². The fourth-order valence-corrected chi connectivity index (χ4v) is 2.58. The van der Waals surface area contributed by atoms with Crippen molar-refractivity contribution in [2.24, 2.45) is 4.99 Å². The average molecular weight is 307 g/mol. The molecule has 0 saturated carbocycles. The zero-order valence-electron chi connectivity index (χ0n) is 10.8. The van der Waals surface area contributed by atoms with E-state index in [-0.39, 0.29) is 5.96 Å². The van der Waals surface area contributed by atoms with Crippen LogP contribution in [0.5, 0.6) is 0 Å². The molecule has 1 heterocycles. The number of imidazole rings is 1. The average Bonchev–Trinajstić information content (AvgIpc) is 2.71. The number of hydrogen-bond acceptors (Lipinski definition) is 4. The molecule has 0 radical (unpaired) electrons. The molecule has 0 bridgehead atoms. The van der Waals surface area contributed by atoms with Gasteiger partial charge in [-0.05, 0) is 6.92 Å². The van der Waals surface area contributed by atoms with Crippen molar-refractivity contribution in [1.29, 1.82) is 0 Å². The lowest BCUT2D eigenvalue weighted by atomic mass is 10.4. The molecule has 0 aliphatic heterocycles. The zero-order valence-corrected chi connectivity index (χ0v) is 12.5. The second-order valence-electron chi connectivity index (χ2n) is 3.68. The summed E-state index contributed by atoms with van der Waals surface area (Å²) in [6, 6.07) is 0. The van der Waals surface area contributed by atoms with Crippen LogP contribution in [0.15, 0.2) is 11.3 Å². The molecule has 19 heavy (non-hydrogen) atoms. The minimum Gasteiger partial charge on any atom is -0.355 e. The van der Waals surface area contributed by atoms with Crippen LogP contribution in [0.4, 0.5) is 0 Å². The fourth-order valence-electron chi connectivity index (χ4n) is 1.25. The van der Waals surface area contributed by atoms with Crippen molar-refractivity contribution in [2.45, 2.75) is 12.7 Å². The standard InChI is InChI=1S/C9H18N5O3PS/c1-7-8(13-6-12-7)5-19-4-3-11-9(10-2)14-18(15,16)17/h6H,3-5H2,1-2H3,(H,12,13)(H4,10,11,14,15,16,17). The van der Waals surface area contributed by atoms with Crippen molar-refractivity contribution in [3.8, 4) is 0 Å². The van der Waals surface area contributed by atoms with Gasteiger partial charge in [0.1, 0.15) is 0 Å². The first kappa shape index (κ1) is 16.0. The van der Waals surface area contributed by atoms with E-state index in [2.05, 4.69) is 20.3 Å². The fraction of sp³-hybridized carbons (Fsp3) is 0.556. The second kappa shape index (κ2) is 7.54. The van der Waals surface area contributed by atoms with Crippen LogP contribution >= 0.6 is 19.5 Å². The van der Waals surface area contributed by atoms with E-state index in [0.29, 0.717) is 6.54 Å². The lowest BCUT2D eigenvalue weighted by Crippen LogP contribution is -2.36. The molecule has 0 aromatic carbocycles. The third-order valence-corrected chi connectivity index (χ3v) is 3.66. The first-order valence-electron chi connectivity index (χ1n) is 5.53. The molecule has 0 unspecified atom stereocenters. The number of H-pyrrole nitrogens is 1. The first-order chi connectivity index (χ1) is 8.92. The second-order valence-corrected chi connectivity index (χ2v) is 6.10. The van der Waals surface area contributed by atoms with Crippen molar-refractivity contribution < 1.29 is 14.4 Å². The summed E-state index contributed by atoms with van der Waals surface area (Å²) in [6.07, 6.45) is 1.66. The van der Waals surface area contributed by atoms with Gasteiger partial charge in [-0.25, -0.2) is 9.55 Å². The van der Waals surface area contributed by atoms with E-state index < -0.39 is 7.75 Å². The molecule has 0 fully saturated rings. The number of rotatable bonds is 6. The van der Waals surface area contributed by atoms with Gasteiger partial charge >= 0.3 is 7.75 Å².